The van der Waals surface area contributed by atoms with E-state index in [4.69, 9.17) is 9.84 Å². The van der Waals surface area contributed by atoms with Gasteiger partial charge in [-0.25, -0.2) is 4.79 Å². The van der Waals surface area contributed by atoms with Crippen molar-refractivity contribution in [3.63, 3.8) is 0 Å². The summed E-state index contributed by atoms with van der Waals surface area (Å²) in [5.74, 6) is -0.880. The summed E-state index contributed by atoms with van der Waals surface area (Å²) in [7, 11) is 0. The van der Waals surface area contributed by atoms with Gasteiger partial charge in [-0.3, -0.25) is 0 Å². The molecule has 0 aromatic heterocycles. The maximum atomic E-state index is 10.5. The van der Waals surface area contributed by atoms with Crippen molar-refractivity contribution in [3.8, 4) is 0 Å². The number of hydrogen-bond acceptors (Lipinski definition) is 2. The van der Waals surface area contributed by atoms with Crippen LogP contribution in [0.3, 0.4) is 0 Å². The van der Waals surface area contributed by atoms with E-state index in [9.17, 15) is 4.79 Å². The van der Waals surface area contributed by atoms with Crippen LogP contribution in [-0.4, -0.2) is 23.8 Å². The van der Waals surface area contributed by atoms with E-state index in [1.807, 2.05) is 12.1 Å². The second kappa shape index (κ2) is 3.18. The first-order chi connectivity index (χ1) is 6.25. The molecule has 3 nitrogen and oxygen atoms in total. The van der Waals surface area contributed by atoms with Crippen molar-refractivity contribution in [2.75, 3.05) is 6.61 Å². The van der Waals surface area contributed by atoms with Crippen LogP contribution in [0.25, 0.3) is 0 Å². The lowest BCUT2D eigenvalue weighted by atomic mass is 10.1. The molecule has 0 amide bonds. The lowest BCUT2D eigenvalue weighted by Gasteiger charge is -1.98. The summed E-state index contributed by atoms with van der Waals surface area (Å²) in [4.78, 5) is 10.5. The van der Waals surface area contributed by atoms with Crippen LogP contribution >= 0.6 is 0 Å². The Morgan fingerprint density at radius 2 is 2.08 bits per heavy atom. The number of carbonyl (C=O) groups is 1. The third-order valence-electron chi connectivity index (χ3n) is 2.07. The van der Waals surface area contributed by atoms with Crippen LogP contribution in [0.15, 0.2) is 24.3 Å². The summed E-state index contributed by atoms with van der Waals surface area (Å²) < 4.78 is 5.07. The van der Waals surface area contributed by atoms with Crippen molar-refractivity contribution >= 4 is 5.97 Å². The van der Waals surface area contributed by atoms with Gasteiger partial charge < -0.3 is 9.84 Å². The molecule has 1 fully saturated rings. The van der Waals surface area contributed by atoms with Crippen molar-refractivity contribution in [3.05, 3.63) is 35.4 Å². The second-order valence-electron chi connectivity index (χ2n) is 3.16. The van der Waals surface area contributed by atoms with E-state index in [-0.39, 0.29) is 0 Å². The molecule has 1 aromatic rings. The molecule has 0 radical (unpaired) electrons. The zero-order valence-corrected chi connectivity index (χ0v) is 7.06. The fourth-order valence-electron chi connectivity index (χ4n) is 1.23. The molecule has 1 saturated heterocycles. The molecule has 1 unspecified atom stereocenters. The molecule has 68 valence electrons. The maximum Gasteiger partial charge on any atom is 0.335 e. The van der Waals surface area contributed by atoms with Gasteiger partial charge in [-0.05, 0) is 17.7 Å². The highest BCUT2D eigenvalue weighted by molar-refractivity contribution is 5.87. The van der Waals surface area contributed by atoms with Crippen LogP contribution in [0, 0.1) is 0 Å². The van der Waals surface area contributed by atoms with Crippen molar-refractivity contribution in [2.24, 2.45) is 0 Å². The van der Waals surface area contributed by atoms with Crippen LogP contribution in [0.2, 0.25) is 0 Å². The number of carboxylic acid groups (broad SMARTS) is 1. The summed E-state index contributed by atoms with van der Waals surface area (Å²) >= 11 is 0. The molecule has 2 rings (SSSR count). The van der Waals surface area contributed by atoms with E-state index in [2.05, 4.69) is 0 Å². The zero-order chi connectivity index (χ0) is 9.26. The number of hydrogen-bond donors (Lipinski definition) is 1. The predicted octanol–water partition coefficient (Wildman–Crippen LogP) is 1.33. The lowest BCUT2D eigenvalue weighted by molar-refractivity contribution is 0.0697. The molecular formula is C10H10O3. The van der Waals surface area contributed by atoms with E-state index in [1.54, 1.807) is 12.1 Å². The topological polar surface area (TPSA) is 49.8 Å². The van der Waals surface area contributed by atoms with E-state index >= 15 is 0 Å². The Balaban J connectivity index is 2.08. The van der Waals surface area contributed by atoms with Gasteiger partial charge in [0, 0.05) is 6.42 Å². The molecule has 1 aliphatic rings. The molecule has 1 atom stereocenters. The number of aromatic carboxylic acids is 1. The van der Waals surface area contributed by atoms with Crippen molar-refractivity contribution in [1.82, 2.24) is 0 Å². The molecule has 0 bridgehead atoms. The summed E-state index contributed by atoms with van der Waals surface area (Å²) in [6.45, 7) is 0.834. The monoisotopic (exact) mass is 178 g/mol. The number of rotatable bonds is 3. The third kappa shape index (κ3) is 2.06. The smallest absolute Gasteiger partial charge is 0.335 e. The van der Waals surface area contributed by atoms with Gasteiger partial charge in [0.25, 0.3) is 0 Å². The van der Waals surface area contributed by atoms with E-state index < -0.39 is 5.97 Å². The maximum absolute atomic E-state index is 10.5. The Hall–Kier alpha value is -1.35. The highest BCUT2D eigenvalue weighted by Crippen LogP contribution is 2.16. The van der Waals surface area contributed by atoms with E-state index in [0.717, 1.165) is 18.6 Å². The largest absolute Gasteiger partial charge is 0.478 e. The highest BCUT2D eigenvalue weighted by atomic mass is 16.6. The second-order valence-corrected chi connectivity index (χ2v) is 3.16. The molecule has 0 aliphatic carbocycles. The SMILES string of the molecule is O=C(O)c1ccc(CC2CO2)cc1. The van der Waals surface area contributed by atoms with E-state index in [1.165, 1.54) is 0 Å². The number of epoxide rings is 1. The van der Waals surface area contributed by atoms with Crippen molar-refractivity contribution in [2.45, 2.75) is 12.5 Å². The van der Waals surface area contributed by atoms with Gasteiger partial charge in [0.2, 0.25) is 0 Å². The Kier molecular flexibility index (Phi) is 2.02. The number of benzene rings is 1. The van der Waals surface area contributed by atoms with Crippen LogP contribution in [0.1, 0.15) is 15.9 Å². The minimum Gasteiger partial charge on any atom is -0.478 e. The zero-order valence-electron chi connectivity index (χ0n) is 7.06. The highest BCUT2D eigenvalue weighted by Gasteiger charge is 2.22. The summed E-state index contributed by atoms with van der Waals surface area (Å²) in [5, 5.41) is 8.65. The van der Waals surface area contributed by atoms with Gasteiger partial charge in [0.15, 0.2) is 0 Å². The number of carboxylic acids is 1. The van der Waals surface area contributed by atoms with Crippen LogP contribution < -0.4 is 0 Å². The van der Waals surface area contributed by atoms with Gasteiger partial charge in [0.05, 0.1) is 18.3 Å². The first-order valence-corrected chi connectivity index (χ1v) is 4.19. The third-order valence-corrected chi connectivity index (χ3v) is 2.07. The van der Waals surface area contributed by atoms with Gasteiger partial charge in [-0.15, -0.1) is 0 Å². The Labute approximate surface area is 76.0 Å². The standard InChI is InChI=1S/C10H10O3/c11-10(12)8-3-1-7(2-4-8)5-9-6-13-9/h1-4,9H,5-6H2,(H,11,12). The van der Waals surface area contributed by atoms with Gasteiger partial charge >= 0.3 is 5.97 Å². The minimum absolute atomic E-state index is 0.334. The predicted molar refractivity (Wildman–Crippen MR) is 46.8 cm³/mol. The molecular weight excluding hydrogens is 168 g/mol. The average Bonchev–Trinajstić information content (AvgIpc) is 2.89. The van der Waals surface area contributed by atoms with Crippen LogP contribution in [0.5, 0.6) is 0 Å². The minimum atomic E-state index is -0.880. The Morgan fingerprint density at radius 3 is 2.54 bits per heavy atom. The van der Waals surface area contributed by atoms with Gasteiger partial charge in [-0.2, -0.15) is 0 Å². The molecule has 1 aromatic carbocycles. The fraction of sp³-hybridized carbons (Fsp3) is 0.300. The van der Waals surface area contributed by atoms with Gasteiger partial charge in [0.1, 0.15) is 0 Å². The summed E-state index contributed by atoms with van der Waals surface area (Å²) in [6, 6.07) is 6.93. The quantitative estimate of drug-likeness (QED) is 0.710. The molecule has 0 saturated carbocycles. The molecule has 1 N–H and O–H groups in total. The first kappa shape index (κ1) is 8.26. The molecule has 0 spiro atoms. The molecule has 3 heteroatoms. The van der Waals surface area contributed by atoms with Crippen molar-refractivity contribution in [1.29, 1.82) is 0 Å². The Bertz CT molecular complexity index is 311. The van der Waals surface area contributed by atoms with E-state index in [0.29, 0.717) is 11.7 Å². The fourth-order valence-corrected chi connectivity index (χ4v) is 1.23. The van der Waals surface area contributed by atoms with Gasteiger partial charge in [-0.1, -0.05) is 12.1 Å². The summed E-state index contributed by atoms with van der Waals surface area (Å²) in [5.41, 5.74) is 1.47. The normalized spacial score (nSPS) is 19.8. The Morgan fingerprint density at radius 1 is 1.46 bits per heavy atom. The molecule has 13 heavy (non-hydrogen) atoms. The number of ether oxygens (including phenoxy) is 1. The summed E-state index contributed by atoms with van der Waals surface area (Å²) in [6.07, 6.45) is 1.25. The van der Waals surface area contributed by atoms with Crippen molar-refractivity contribution < 1.29 is 14.6 Å². The average molecular weight is 178 g/mol. The van der Waals surface area contributed by atoms with Crippen LogP contribution in [0.4, 0.5) is 0 Å². The van der Waals surface area contributed by atoms with Crippen LogP contribution in [-0.2, 0) is 11.2 Å². The first-order valence-electron chi connectivity index (χ1n) is 4.19. The molecule has 1 aliphatic heterocycles. The lowest BCUT2D eigenvalue weighted by Crippen LogP contribution is -1.97. The molecule has 1 heterocycles.